The molecule has 0 aromatic heterocycles. The normalized spacial score (nSPS) is 12.1. The number of ether oxygens (including phenoxy) is 1. The van der Waals surface area contributed by atoms with Crippen molar-refractivity contribution in [3.05, 3.63) is 29.8 Å². The molecular formula is C17H26O3. The van der Waals surface area contributed by atoms with Crippen molar-refractivity contribution in [3.8, 4) is 5.75 Å². The Labute approximate surface area is 122 Å². The monoisotopic (exact) mass is 278 g/mol. The van der Waals surface area contributed by atoms with Gasteiger partial charge in [-0.2, -0.15) is 0 Å². The van der Waals surface area contributed by atoms with Crippen LogP contribution >= 0.6 is 0 Å². The van der Waals surface area contributed by atoms with Crippen LogP contribution in [0.25, 0.3) is 0 Å². The molecule has 0 radical (unpaired) electrons. The van der Waals surface area contributed by atoms with Crippen LogP contribution in [0.1, 0.15) is 51.0 Å². The van der Waals surface area contributed by atoms with E-state index in [9.17, 15) is 9.90 Å². The molecule has 0 fully saturated rings. The second kappa shape index (κ2) is 9.40. The van der Waals surface area contributed by atoms with Crippen molar-refractivity contribution in [1.82, 2.24) is 0 Å². The lowest BCUT2D eigenvalue weighted by Gasteiger charge is -2.13. The van der Waals surface area contributed by atoms with Crippen molar-refractivity contribution in [3.63, 3.8) is 0 Å². The molecule has 3 heteroatoms. The summed E-state index contributed by atoms with van der Waals surface area (Å²) >= 11 is 0. The summed E-state index contributed by atoms with van der Waals surface area (Å²) in [7, 11) is 1.47. The molecule has 112 valence electrons. The number of hydrogen-bond donors (Lipinski definition) is 1. The largest absolute Gasteiger partial charge is 0.508 e. The number of aromatic hydroxyl groups is 1. The molecule has 0 aliphatic carbocycles. The lowest BCUT2D eigenvalue weighted by atomic mass is 9.96. The number of unbranched alkanes of at least 4 members (excludes halogenated alkanes) is 2. The first-order valence-electron chi connectivity index (χ1n) is 7.53. The van der Waals surface area contributed by atoms with Gasteiger partial charge in [-0.1, -0.05) is 38.3 Å². The molecule has 0 aliphatic rings. The third kappa shape index (κ3) is 6.09. The number of esters is 1. The molecule has 0 saturated heterocycles. The van der Waals surface area contributed by atoms with Crippen LogP contribution in [0.15, 0.2) is 24.3 Å². The van der Waals surface area contributed by atoms with Crippen LogP contribution in [-0.2, 0) is 16.0 Å². The Morgan fingerprint density at radius 1 is 1.15 bits per heavy atom. The van der Waals surface area contributed by atoms with Gasteiger partial charge in [-0.25, -0.2) is 0 Å². The highest BCUT2D eigenvalue weighted by Gasteiger charge is 2.17. The molecule has 20 heavy (non-hydrogen) atoms. The minimum Gasteiger partial charge on any atom is -0.508 e. The Morgan fingerprint density at radius 3 is 2.45 bits per heavy atom. The number of methoxy groups -OCH3 is 1. The Morgan fingerprint density at radius 2 is 1.85 bits per heavy atom. The first-order valence-corrected chi connectivity index (χ1v) is 7.53. The van der Waals surface area contributed by atoms with Gasteiger partial charge in [0.15, 0.2) is 0 Å². The van der Waals surface area contributed by atoms with Gasteiger partial charge < -0.3 is 9.84 Å². The summed E-state index contributed by atoms with van der Waals surface area (Å²) in [5.41, 5.74) is 1.25. The molecule has 0 amide bonds. The molecule has 0 saturated carbocycles. The van der Waals surface area contributed by atoms with Crippen LogP contribution in [0.2, 0.25) is 0 Å². The second-order valence-electron chi connectivity index (χ2n) is 5.27. The third-order valence-electron chi connectivity index (χ3n) is 3.63. The zero-order valence-corrected chi connectivity index (χ0v) is 12.6. The number of rotatable bonds is 9. The molecule has 3 nitrogen and oxygen atoms in total. The number of carbonyl (C=O) groups excluding carboxylic acids is 1. The van der Waals surface area contributed by atoms with Crippen molar-refractivity contribution in [1.29, 1.82) is 0 Å². The van der Waals surface area contributed by atoms with Gasteiger partial charge in [0.2, 0.25) is 0 Å². The highest BCUT2D eigenvalue weighted by atomic mass is 16.5. The third-order valence-corrected chi connectivity index (χ3v) is 3.63. The SMILES string of the molecule is CCCC(CCCCCc1ccc(O)cc1)C(=O)OC. The maximum atomic E-state index is 11.6. The van der Waals surface area contributed by atoms with E-state index < -0.39 is 0 Å². The van der Waals surface area contributed by atoms with Crippen molar-refractivity contribution in [2.24, 2.45) is 5.92 Å². The van der Waals surface area contributed by atoms with Crippen molar-refractivity contribution >= 4 is 5.97 Å². The number of phenolic OH excluding ortho intramolecular Hbond substituents is 1. The van der Waals surface area contributed by atoms with Crippen LogP contribution in [-0.4, -0.2) is 18.2 Å². The number of hydrogen-bond acceptors (Lipinski definition) is 3. The highest BCUT2D eigenvalue weighted by molar-refractivity contribution is 5.72. The number of phenols is 1. The van der Waals surface area contributed by atoms with Crippen molar-refractivity contribution in [2.45, 2.75) is 51.9 Å². The molecule has 0 heterocycles. The predicted octanol–water partition coefficient (Wildman–Crippen LogP) is 4.08. The van der Waals surface area contributed by atoms with Crippen LogP contribution in [0, 0.1) is 5.92 Å². The van der Waals surface area contributed by atoms with Gasteiger partial charge in [-0.3, -0.25) is 4.79 Å². The van der Waals surface area contributed by atoms with Gasteiger partial charge in [-0.15, -0.1) is 0 Å². The molecular weight excluding hydrogens is 252 g/mol. The van der Waals surface area contributed by atoms with Gasteiger partial charge in [0, 0.05) is 0 Å². The van der Waals surface area contributed by atoms with Crippen LogP contribution in [0.3, 0.4) is 0 Å². The van der Waals surface area contributed by atoms with Crippen LogP contribution < -0.4 is 0 Å². The van der Waals surface area contributed by atoms with Crippen molar-refractivity contribution < 1.29 is 14.6 Å². The molecule has 1 atom stereocenters. The minimum atomic E-state index is -0.0645. The van der Waals surface area contributed by atoms with E-state index >= 15 is 0 Å². The van der Waals surface area contributed by atoms with Crippen LogP contribution in [0.4, 0.5) is 0 Å². The van der Waals surface area contributed by atoms with Gasteiger partial charge in [0.05, 0.1) is 13.0 Å². The summed E-state index contributed by atoms with van der Waals surface area (Å²) in [6.07, 6.45) is 7.20. The van der Waals surface area contributed by atoms with E-state index in [1.54, 1.807) is 12.1 Å². The van der Waals surface area contributed by atoms with E-state index in [0.717, 1.165) is 44.9 Å². The lowest BCUT2D eigenvalue weighted by molar-refractivity contribution is -0.146. The van der Waals surface area contributed by atoms with Gasteiger partial charge in [0.25, 0.3) is 0 Å². The number of carbonyl (C=O) groups is 1. The fourth-order valence-corrected chi connectivity index (χ4v) is 2.45. The Bertz CT molecular complexity index is 384. The summed E-state index contributed by atoms with van der Waals surface area (Å²) in [5, 5.41) is 9.21. The van der Waals surface area contributed by atoms with Gasteiger partial charge in [0.1, 0.15) is 5.75 Å². The molecule has 0 spiro atoms. The lowest BCUT2D eigenvalue weighted by Crippen LogP contribution is -2.16. The van der Waals surface area contributed by atoms with E-state index in [4.69, 9.17) is 4.74 Å². The van der Waals surface area contributed by atoms with E-state index in [-0.39, 0.29) is 11.9 Å². The smallest absolute Gasteiger partial charge is 0.308 e. The first kappa shape index (κ1) is 16.5. The fraction of sp³-hybridized carbons (Fsp3) is 0.588. The average molecular weight is 278 g/mol. The molecule has 0 bridgehead atoms. The maximum Gasteiger partial charge on any atom is 0.308 e. The van der Waals surface area contributed by atoms with E-state index in [1.165, 1.54) is 12.7 Å². The summed E-state index contributed by atoms with van der Waals surface area (Å²) in [6, 6.07) is 7.38. The molecule has 1 unspecified atom stereocenters. The first-order chi connectivity index (χ1) is 9.67. The summed E-state index contributed by atoms with van der Waals surface area (Å²) < 4.78 is 4.84. The number of benzene rings is 1. The second-order valence-corrected chi connectivity index (χ2v) is 5.27. The van der Waals surface area contributed by atoms with E-state index in [1.807, 2.05) is 12.1 Å². The molecule has 1 rings (SSSR count). The molecule has 0 aliphatic heterocycles. The van der Waals surface area contributed by atoms with Crippen LogP contribution in [0.5, 0.6) is 5.75 Å². The zero-order valence-electron chi connectivity index (χ0n) is 12.6. The van der Waals surface area contributed by atoms with Gasteiger partial charge >= 0.3 is 5.97 Å². The standard InChI is InChI=1S/C17H26O3/c1-3-7-15(17(19)20-2)9-6-4-5-8-14-10-12-16(18)13-11-14/h10-13,15,18H,3-9H2,1-2H3. The summed E-state index contributed by atoms with van der Waals surface area (Å²) in [5.74, 6) is 0.318. The van der Waals surface area contributed by atoms with Crippen molar-refractivity contribution in [2.75, 3.05) is 7.11 Å². The zero-order chi connectivity index (χ0) is 14.8. The highest BCUT2D eigenvalue weighted by Crippen LogP contribution is 2.18. The number of aryl methyl sites for hydroxylation is 1. The minimum absolute atomic E-state index is 0.0645. The Hall–Kier alpha value is -1.51. The summed E-state index contributed by atoms with van der Waals surface area (Å²) in [4.78, 5) is 11.6. The average Bonchev–Trinajstić information content (AvgIpc) is 2.47. The maximum absolute atomic E-state index is 11.6. The van der Waals surface area contributed by atoms with Gasteiger partial charge in [-0.05, 0) is 43.4 Å². The Balaban J connectivity index is 2.20. The van der Waals surface area contributed by atoms with E-state index in [2.05, 4.69) is 6.92 Å². The quantitative estimate of drug-likeness (QED) is 0.547. The molecule has 1 N–H and O–H groups in total. The summed E-state index contributed by atoms with van der Waals surface area (Å²) in [6.45, 7) is 2.10. The molecule has 1 aromatic carbocycles. The Kier molecular flexibility index (Phi) is 7.78. The van der Waals surface area contributed by atoms with E-state index in [0.29, 0.717) is 5.75 Å². The topological polar surface area (TPSA) is 46.5 Å². The molecule has 1 aromatic rings. The fourth-order valence-electron chi connectivity index (χ4n) is 2.45. The predicted molar refractivity (Wildman–Crippen MR) is 80.7 cm³/mol.